The molecule has 0 amide bonds. The van der Waals surface area contributed by atoms with Crippen LogP contribution < -0.4 is 4.74 Å². The van der Waals surface area contributed by atoms with Crippen LogP contribution in [-0.2, 0) is 22.4 Å². The number of aryl methyl sites for hydroxylation is 2. The fourth-order valence-corrected chi connectivity index (χ4v) is 4.01. The van der Waals surface area contributed by atoms with Crippen molar-refractivity contribution in [3.8, 4) is 17.1 Å². The van der Waals surface area contributed by atoms with E-state index in [1.54, 1.807) is 20.8 Å². The summed E-state index contributed by atoms with van der Waals surface area (Å²) >= 11 is 4.65. The average molecular weight is 481 g/mol. The van der Waals surface area contributed by atoms with Crippen molar-refractivity contribution in [1.82, 2.24) is 0 Å². The first kappa shape index (κ1) is 26.0. The van der Waals surface area contributed by atoms with Crippen LogP contribution in [0.1, 0.15) is 65.0 Å². The third kappa shape index (κ3) is 5.87. The number of unbranched alkanes of at least 4 members (excludes halogenated alkanes) is 2. The topological polar surface area (TPSA) is 48.7 Å². The smallest absolute Gasteiger partial charge is 0.330 e. The molecule has 1 heterocycles. The summed E-state index contributed by atoms with van der Waals surface area (Å²) in [5.41, 5.74) is 3.52. The molecule has 0 fully saturated rings. The molecule has 1 unspecified atom stereocenters. The van der Waals surface area contributed by atoms with Crippen LogP contribution in [0.4, 0.5) is 0 Å². The summed E-state index contributed by atoms with van der Waals surface area (Å²) in [4.78, 5) is 10.6. The van der Waals surface area contributed by atoms with E-state index >= 15 is 0 Å². The van der Waals surface area contributed by atoms with Crippen molar-refractivity contribution < 1.29 is 18.7 Å². The molecule has 1 atom stereocenters. The summed E-state index contributed by atoms with van der Waals surface area (Å²) in [6, 6.07) is 14.5. The fourth-order valence-electron chi connectivity index (χ4n) is 3.86. The molecule has 0 aliphatic carbocycles. The number of hydrogen-bond acceptors (Lipinski definition) is 5. The molecule has 0 aliphatic heterocycles. The Labute approximate surface area is 208 Å². The first-order valence-electron chi connectivity index (χ1n) is 12.0. The zero-order valence-corrected chi connectivity index (χ0v) is 21.8. The molecule has 3 aromatic rings. The molecule has 182 valence electrons. The summed E-state index contributed by atoms with van der Waals surface area (Å²) in [5, 5.41) is 0.995. The molecule has 0 bridgehead atoms. The van der Waals surface area contributed by atoms with Gasteiger partial charge in [0.1, 0.15) is 17.1 Å². The number of furan rings is 1. The van der Waals surface area contributed by atoms with E-state index < -0.39 is 16.5 Å². The van der Waals surface area contributed by atoms with Crippen LogP contribution in [0.25, 0.3) is 22.3 Å². The highest BCUT2D eigenvalue weighted by Gasteiger charge is 2.43. The normalized spacial score (nSPS) is 13.5. The van der Waals surface area contributed by atoms with Gasteiger partial charge in [-0.3, -0.25) is 0 Å². The molecule has 5 heteroatoms. The third-order valence-electron chi connectivity index (χ3n) is 6.33. The van der Waals surface area contributed by atoms with Crippen LogP contribution in [-0.4, -0.2) is 16.5 Å². The molecule has 34 heavy (non-hydrogen) atoms. The lowest BCUT2D eigenvalue weighted by molar-refractivity contribution is -0.161. The Morgan fingerprint density at radius 2 is 1.85 bits per heavy atom. The highest BCUT2D eigenvalue weighted by molar-refractivity contribution is 7.81. The van der Waals surface area contributed by atoms with Crippen LogP contribution in [0.2, 0.25) is 0 Å². The van der Waals surface area contributed by atoms with Crippen molar-refractivity contribution in [2.45, 2.75) is 77.3 Å². The van der Waals surface area contributed by atoms with Crippen LogP contribution >= 0.6 is 12.6 Å². The van der Waals surface area contributed by atoms with E-state index in [4.69, 9.17) is 13.9 Å². The number of carbonyl (C=O) groups excluding carboxylic acids is 1. The van der Waals surface area contributed by atoms with Gasteiger partial charge in [0.05, 0.1) is 0 Å². The highest BCUT2D eigenvalue weighted by Crippen LogP contribution is 2.37. The monoisotopic (exact) mass is 480 g/mol. The highest BCUT2D eigenvalue weighted by atomic mass is 32.1. The number of fused-ring (bicyclic) bond motifs is 1. The Balaban J connectivity index is 1.85. The fraction of sp³-hybridized carbons (Fsp3) is 0.414. The van der Waals surface area contributed by atoms with Crippen LogP contribution in [0.15, 0.2) is 59.5 Å². The number of rotatable bonds is 11. The molecule has 0 aliphatic rings. The Bertz CT molecular complexity index is 1160. The van der Waals surface area contributed by atoms with Crippen LogP contribution in [0.3, 0.4) is 0 Å². The quantitative estimate of drug-likeness (QED) is 0.0995. The van der Waals surface area contributed by atoms with Gasteiger partial charge in [0, 0.05) is 23.1 Å². The number of benzene rings is 2. The molecule has 0 radical (unpaired) electrons. The van der Waals surface area contributed by atoms with Gasteiger partial charge in [0.15, 0.2) is 10.5 Å². The second-order valence-electron chi connectivity index (χ2n) is 9.33. The van der Waals surface area contributed by atoms with Gasteiger partial charge in [0.2, 0.25) is 0 Å². The van der Waals surface area contributed by atoms with Crippen LogP contribution in [0.5, 0.6) is 5.75 Å². The summed E-state index contributed by atoms with van der Waals surface area (Å²) in [5.74, 6) is 0.900. The van der Waals surface area contributed by atoms with Gasteiger partial charge in [-0.2, -0.15) is 0 Å². The van der Waals surface area contributed by atoms with Crippen molar-refractivity contribution in [2.24, 2.45) is 0 Å². The molecule has 0 saturated heterocycles. The van der Waals surface area contributed by atoms with Gasteiger partial charge in [-0.25, -0.2) is 4.79 Å². The Hall–Kier alpha value is -2.66. The molecular formula is C29H36O4S. The van der Waals surface area contributed by atoms with E-state index in [-0.39, 0.29) is 0 Å². The minimum absolute atomic E-state index is 0.525. The Kier molecular flexibility index (Phi) is 8.19. The molecule has 3 rings (SSSR count). The second kappa shape index (κ2) is 10.7. The lowest BCUT2D eigenvalue weighted by Gasteiger charge is -2.39. The number of thiol groups is 1. The van der Waals surface area contributed by atoms with Gasteiger partial charge in [-0.1, -0.05) is 51.5 Å². The molecule has 4 nitrogen and oxygen atoms in total. The van der Waals surface area contributed by atoms with Crippen molar-refractivity contribution in [1.29, 1.82) is 0 Å². The van der Waals surface area contributed by atoms with E-state index in [1.165, 1.54) is 30.4 Å². The molecule has 1 aromatic heterocycles. The summed E-state index contributed by atoms with van der Waals surface area (Å²) in [6.45, 7) is 13.1. The molecule has 0 spiro atoms. The van der Waals surface area contributed by atoms with E-state index in [9.17, 15) is 4.79 Å². The number of hydrogen-bond donors (Lipinski definition) is 1. The summed E-state index contributed by atoms with van der Waals surface area (Å²) < 4.78 is 17.8. The first-order chi connectivity index (χ1) is 16.1. The predicted molar refractivity (Wildman–Crippen MR) is 143 cm³/mol. The van der Waals surface area contributed by atoms with Crippen molar-refractivity contribution >= 4 is 29.6 Å². The number of esters is 1. The molecule has 2 aromatic carbocycles. The van der Waals surface area contributed by atoms with Gasteiger partial charge in [-0.15, -0.1) is 12.6 Å². The molecular weight excluding hydrogens is 444 g/mol. The van der Waals surface area contributed by atoms with E-state index in [1.807, 2.05) is 18.2 Å². The Morgan fingerprint density at radius 3 is 2.53 bits per heavy atom. The predicted octanol–water partition coefficient (Wildman–Crippen LogP) is 7.93. The van der Waals surface area contributed by atoms with E-state index in [2.05, 4.69) is 57.3 Å². The molecule has 0 N–H and O–H groups in total. The Morgan fingerprint density at radius 1 is 1.09 bits per heavy atom. The van der Waals surface area contributed by atoms with Gasteiger partial charge in [-0.05, 0) is 69.4 Å². The van der Waals surface area contributed by atoms with Crippen molar-refractivity contribution in [3.63, 3.8) is 0 Å². The van der Waals surface area contributed by atoms with Gasteiger partial charge in [0.25, 0.3) is 0 Å². The molecule has 0 saturated carbocycles. The standard InChI is InChI=1S/C29H36O4S/c1-7-10-11-12-20-13-16-24(21(8-2)17-20)26-18-22-14-15-23(19-25(22)31-26)32-29(6,34)28(4,5)33-27(30)9-3/h9,13-19,34H,3,7-8,10-12H2,1-2,4-6H3. The number of carbonyl (C=O) groups is 1. The van der Waals surface area contributed by atoms with Crippen LogP contribution in [0, 0.1) is 0 Å². The minimum atomic E-state index is -1.09. The summed E-state index contributed by atoms with van der Waals surface area (Å²) in [6.07, 6.45) is 6.90. The minimum Gasteiger partial charge on any atom is -0.473 e. The first-order valence-corrected chi connectivity index (χ1v) is 12.5. The number of ether oxygens (including phenoxy) is 2. The largest absolute Gasteiger partial charge is 0.473 e. The lowest BCUT2D eigenvalue weighted by atomic mass is 9.97. The maximum atomic E-state index is 11.7. The average Bonchev–Trinajstić information content (AvgIpc) is 3.21. The SMILES string of the molecule is C=CC(=O)OC(C)(C)C(C)(S)Oc1ccc2cc(-c3ccc(CCCCC)cc3CC)oc2c1. The second-order valence-corrected chi connectivity index (χ2v) is 10.2. The van der Waals surface area contributed by atoms with Crippen molar-refractivity contribution in [3.05, 3.63) is 66.2 Å². The maximum Gasteiger partial charge on any atom is 0.330 e. The van der Waals surface area contributed by atoms with E-state index in [0.29, 0.717) is 5.75 Å². The van der Waals surface area contributed by atoms with Gasteiger partial charge < -0.3 is 13.9 Å². The summed E-state index contributed by atoms with van der Waals surface area (Å²) in [7, 11) is 0. The maximum absolute atomic E-state index is 11.7. The lowest BCUT2D eigenvalue weighted by Crippen LogP contribution is -2.50. The third-order valence-corrected chi connectivity index (χ3v) is 6.96. The van der Waals surface area contributed by atoms with Crippen molar-refractivity contribution in [2.75, 3.05) is 0 Å². The zero-order valence-electron chi connectivity index (χ0n) is 20.9. The van der Waals surface area contributed by atoms with E-state index in [0.717, 1.165) is 41.2 Å². The zero-order chi connectivity index (χ0) is 24.9. The van der Waals surface area contributed by atoms with Gasteiger partial charge >= 0.3 is 5.97 Å².